The quantitative estimate of drug-likeness (QED) is 0.529. The van der Waals surface area contributed by atoms with Crippen molar-refractivity contribution >= 4 is 38.9 Å². The van der Waals surface area contributed by atoms with E-state index in [4.69, 9.17) is 16.3 Å². The first kappa shape index (κ1) is 23.7. The molecule has 7 nitrogen and oxygen atoms in total. The minimum atomic E-state index is -4.84. The fourth-order valence-corrected chi connectivity index (χ4v) is 4.93. The lowest BCUT2D eigenvalue weighted by molar-refractivity contribution is -0.274. The number of sulfonamides is 1. The van der Waals surface area contributed by atoms with Gasteiger partial charge in [-0.3, -0.25) is 9.10 Å². The largest absolute Gasteiger partial charge is 0.573 e. The molecule has 1 aliphatic heterocycles. The normalized spacial score (nSPS) is 15.8. The fourth-order valence-electron chi connectivity index (χ4n) is 3.27. The Morgan fingerprint density at radius 2 is 1.74 bits per heavy atom. The zero-order valence-electron chi connectivity index (χ0n) is 17.1. The van der Waals surface area contributed by atoms with Gasteiger partial charge < -0.3 is 14.8 Å². The Balaban J connectivity index is 1.59. The highest BCUT2D eigenvalue weighted by Gasteiger charge is 2.38. The number of carbonyl (C=O) groups is 1. The van der Waals surface area contributed by atoms with Gasteiger partial charge in [-0.2, -0.15) is 0 Å². The molecule has 1 amide bonds. The predicted molar refractivity (Wildman–Crippen MR) is 119 cm³/mol. The van der Waals surface area contributed by atoms with Crippen LogP contribution in [0.25, 0.3) is 0 Å². The predicted octanol–water partition coefficient (Wildman–Crippen LogP) is 4.83. The molecular weight excluding hydrogens is 497 g/mol. The summed E-state index contributed by atoms with van der Waals surface area (Å²) in [6.07, 6.45) is -6.09. The summed E-state index contributed by atoms with van der Waals surface area (Å²) in [5.74, 6) is -1.02. The second kappa shape index (κ2) is 9.07. The molecule has 1 aliphatic rings. The van der Waals surface area contributed by atoms with Gasteiger partial charge in [0.05, 0.1) is 17.1 Å². The van der Waals surface area contributed by atoms with Crippen molar-refractivity contribution in [3.63, 3.8) is 0 Å². The number of halogens is 4. The lowest BCUT2D eigenvalue weighted by Gasteiger charge is -2.34. The third-order valence-electron chi connectivity index (χ3n) is 4.77. The van der Waals surface area contributed by atoms with Crippen molar-refractivity contribution in [2.75, 3.05) is 16.2 Å². The van der Waals surface area contributed by atoms with Crippen LogP contribution < -0.4 is 19.1 Å². The highest BCUT2D eigenvalue weighted by atomic mass is 35.5. The van der Waals surface area contributed by atoms with Crippen LogP contribution in [0.1, 0.15) is 0 Å². The van der Waals surface area contributed by atoms with E-state index in [1.54, 1.807) is 18.2 Å². The number of hydrogen-bond acceptors (Lipinski definition) is 5. The second-order valence-electron chi connectivity index (χ2n) is 7.13. The van der Waals surface area contributed by atoms with Crippen molar-refractivity contribution < 1.29 is 35.9 Å². The van der Waals surface area contributed by atoms with Crippen LogP contribution >= 0.6 is 11.6 Å². The minimum Gasteiger partial charge on any atom is -0.476 e. The van der Waals surface area contributed by atoms with Crippen molar-refractivity contribution in [3.8, 4) is 11.5 Å². The molecule has 0 unspecified atom stereocenters. The molecule has 178 valence electrons. The number of amides is 1. The highest BCUT2D eigenvalue weighted by Crippen LogP contribution is 2.39. The SMILES string of the molecule is O=C(Nc1ccc(OC(F)(F)F)cc1)[C@@H]1CN(S(=O)(=O)c2ccccc2)c2cc(Cl)ccc2O1. The van der Waals surface area contributed by atoms with Crippen molar-refractivity contribution in [1.29, 1.82) is 0 Å². The number of nitrogens with one attached hydrogen (secondary N) is 1. The number of fused-ring (bicyclic) bond motifs is 1. The molecule has 1 atom stereocenters. The average Bonchev–Trinajstić information content (AvgIpc) is 2.79. The Morgan fingerprint density at radius 1 is 1.06 bits per heavy atom. The van der Waals surface area contributed by atoms with Gasteiger partial charge in [0.2, 0.25) is 0 Å². The summed E-state index contributed by atoms with van der Waals surface area (Å²) in [7, 11) is -4.06. The van der Waals surface area contributed by atoms with Gasteiger partial charge in [-0.05, 0) is 54.6 Å². The second-order valence-corrected chi connectivity index (χ2v) is 9.43. The van der Waals surface area contributed by atoms with E-state index in [9.17, 15) is 26.4 Å². The standard InChI is InChI=1S/C22H16ClF3N2O5S/c23-14-6-11-19-18(12-14)28(34(30,31)17-4-2-1-3-5-17)13-20(32-19)21(29)27-15-7-9-16(10-8-15)33-22(24,25)26/h1-12,20H,13H2,(H,27,29)/t20-/m0/s1. The summed E-state index contributed by atoms with van der Waals surface area (Å²) >= 11 is 6.06. The third-order valence-corrected chi connectivity index (χ3v) is 6.80. The molecule has 1 heterocycles. The van der Waals surface area contributed by atoms with E-state index in [2.05, 4.69) is 10.1 Å². The van der Waals surface area contributed by atoms with Crippen LogP contribution in [0.3, 0.4) is 0 Å². The lowest BCUT2D eigenvalue weighted by atomic mass is 10.2. The van der Waals surface area contributed by atoms with Gasteiger partial charge >= 0.3 is 6.36 Å². The Labute approximate surface area is 197 Å². The number of benzene rings is 3. The van der Waals surface area contributed by atoms with Crippen LogP contribution in [0, 0.1) is 0 Å². The molecule has 4 rings (SSSR count). The van der Waals surface area contributed by atoms with Crippen LogP contribution in [0.15, 0.2) is 77.7 Å². The minimum absolute atomic E-state index is 0.0160. The van der Waals surface area contributed by atoms with E-state index in [1.165, 1.54) is 42.5 Å². The van der Waals surface area contributed by atoms with Gasteiger partial charge in [-0.1, -0.05) is 29.8 Å². The van der Waals surface area contributed by atoms with Crippen LogP contribution in [0.2, 0.25) is 5.02 Å². The molecule has 0 aromatic heterocycles. The van der Waals surface area contributed by atoms with Crippen LogP contribution in [-0.2, 0) is 14.8 Å². The summed E-state index contributed by atoms with van der Waals surface area (Å²) in [6.45, 7) is -0.355. The number of hydrogen-bond donors (Lipinski definition) is 1. The topological polar surface area (TPSA) is 84.9 Å². The van der Waals surface area contributed by atoms with Gasteiger partial charge in [0.1, 0.15) is 11.5 Å². The van der Waals surface area contributed by atoms with E-state index in [0.717, 1.165) is 16.4 Å². The fraction of sp³-hybridized carbons (Fsp3) is 0.136. The first-order valence-electron chi connectivity index (χ1n) is 9.74. The Morgan fingerprint density at radius 3 is 2.38 bits per heavy atom. The van der Waals surface area contributed by atoms with Gasteiger partial charge in [0, 0.05) is 10.7 Å². The smallest absolute Gasteiger partial charge is 0.476 e. The van der Waals surface area contributed by atoms with Crippen molar-refractivity contribution in [2.45, 2.75) is 17.4 Å². The van der Waals surface area contributed by atoms with Gasteiger partial charge in [-0.15, -0.1) is 13.2 Å². The van der Waals surface area contributed by atoms with Crippen molar-refractivity contribution in [1.82, 2.24) is 0 Å². The summed E-state index contributed by atoms with van der Waals surface area (Å²) in [4.78, 5) is 12.9. The molecule has 3 aromatic rings. The molecule has 1 N–H and O–H groups in total. The van der Waals surface area contributed by atoms with Gasteiger partial charge in [0.15, 0.2) is 6.10 Å². The Kier molecular flexibility index (Phi) is 6.32. The maximum absolute atomic E-state index is 13.3. The third kappa shape index (κ3) is 5.20. The zero-order chi connectivity index (χ0) is 24.5. The van der Waals surface area contributed by atoms with E-state index in [1.807, 2.05) is 0 Å². The number of alkyl halides is 3. The summed E-state index contributed by atoms with van der Waals surface area (Å²) in [5.41, 5.74) is 0.344. The summed E-state index contributed by atoms with van der Waals surface area (Å²) < 4.78 is 74.2. The number of rotatable bonds is 5. The molecule has 0 saturated carbocycles. The number of nitrogens with zero attached hydrogens (tertiary/aromatic N) is 1. The maximum Gasteiger partial charge on any atom is 0.573 e. The monoisotopic (exact) mass is 512 g/mol. The molecule has 12 heteroatoms. The van der Waals surface area contributed by atoms with Crippen molar-refractivity contribution in [2.24, 2.45) is 0 Å². The average molecular weight is 513 g/mol. The number of anilines is 2. The lowest BCUT2D eigenvalue weighted by Crippen LogP contribution is -2.48. The summed E-state index contributed by atoms with van der Waals surface area (Å²) in [5, 5.41) is 2.78. The molecule has 0 spiro atoms. The van der Waals surface area contributed by atoms with E-state index < -0.39 is 34.1 Å². The van der Waals surface area contributed by atoms with E-state index in [0.29, 0.717) is 0 Å². The molecule has 0 fully saturated rings. The van der Waals surface area contributed by atoms with Crippen molar-refractivity contribution in [3.05, 3.63) is 77.8 Å². The zero-order valence-corrected chi connectivity index (χ0v) is 18.7. The number of ether oxygens (including phenoxy) is 2. The molecule has 34 heavy (non-hydrogen) atoms. The number of carbonyl (C=O) groups excluding carboxylic acids is 1. The molecule has 3 aromatic carbocycles. The van der Waals surface area contributed by atoms with Crippen LogP contribution in [0.5, 0.6) is 11.5 Å². The molecule has 0 radical (unpaired) electrons. The first-order chi connectivity index (χ1) is 16.0. The highest BCUT2D eigenvalue weighted by molar-refractivity contribution is 7.92. The summed E-state index contributed by atoms with van der Waals surface area (Å²) in [6, 6.07) is 16.5. The van der Waals surface area contributed by atoms with Gasteiger partial charge in [0.25, 0.3) is 15.9 Å². The molecule has 0 saturated heterocycles. The van der Waals surface area contributed by atoms with Crippen LogP contribution in [-0.4, -0.2) is 33.3 Å². The van der Waals surface area contributed by atoms with Gasteiger partial charge in [-0.25, -0.2) is 8.42 Å². The van der Waals surface area contributed by atoms with Crippen LogP contribution in [0.4, 0.5) is 24.5 Å². The first-order valence-corrected chi connectivity index (χ1v) is 11.6. The maximum atomic E-state index is 13.3. The Hall–Kier alpha value is -3.44. The molecule has 0 aliphatic carbocycles. The van der Waals surface area contributed by atoms with E-state index >= 15 is 0 Å². The molecule has 0 bridgehead atoms. The van der Waals surface area contributed by atoms with E-state index in [-0.39, 0.29) is 33.6 Å². The Bertz CT molecular complexity index is 1300. The molecular formula is C22H16ClF3N2O5S.